The molecular formula is C16H22NO3PS2. The number of rotatable bonds is 7. The van der Waals surface area contributed by atoms with Crippen molar-refractivity contribution in [1.82, 2.24) is 5.06 Å². The number of carbonyl (C=O) groups excluding carboxylic acids is 1. The monoisotopic (exact) mass is 371 g/mol. The number of hydrogen-bond donors (Lipinski definition) is 0. The lowest BCUT2D eigenvalue weighted by Crippen LogP contribution is -2.35. The molecule has 0 aliphatic rings. The third-order valence-electron chi connectivity index (χ3n) is 2.98. The maximum Gasteiger partial charge on any atom is 0.216 e. The Morgan fingerprint density at radius 1 is 1.39 bits per heavy atom. The molecule has 1 unspecified atom stereocenters. The molecule has 0 bridgehead atoms. The van der Waals surface area contributed by atoms with Gasteiger partial charge >= 0.3 is 0 Å². The summed E-state index contributed by atoms with van der Waals surface area (Å²) in [5.74, 6) is 1.90. The van der Waals surface area contributed by atoms with Crippen LogP contribution in [-0.2, 0) is 44.2 Å². The van der Waals surface area contributed by atoms with Crippen LogP contribution in [0, 0.1) is 0 Å². The number of nitrogens with zero attached hydrogens (tertiary/aromatic N) is 1. The van der Waals surface area contributed by atoms with Gasteiger partial charge < -0.3 is 4.52 Å². The van der Waals surface area contributed by atoms with Crippen LogP contribution in [0.5, 0.6) is 0 Å². The van der Waals surface area contributed by atoms with Crippen molar-refractivity contribution in [3.63, 3.8) is 0 Å². The predicted octanol–water partition coefficient (Wildman–Crippen LogP) is 4.00. The highest BCUT2D eigenvalue weighted by Crippen LogP contribution is 2.32. The zero-order valence-electron chi connectivity index (χ0n) is 14.0. The van der Waals surface area contributed by atoms with E-state index in [1.807, 2.05) is 51.0 Å². The lowest BCUT2D eigenvalue weighted by Gasteiger charge is -2.32. The molecule has 0 aliphatic heterocycles. The van der Waals surface area contributed by atoms with Crippen molar-refractivity contribution < 1.29 is 14.2 Å². The summed E-state index contributed by atoms with van der Waals surface area (Å²) in [4.78, 5) is 17.3. The standard InChI is InChI=1S/C16H22NO3PS2/c1-6-12-8-7-9-13(10-12)15(14(11-18)19-21(22)23)17(5)20-16(2,3)4/h7-10,15H,6H2,1-5H3. The minimum atomic E-state index is -1.55. The van der Waals surface area contributed by atoms with Crippen molar-refractivity contribution in [2.75, 3.05) is 7.05 Å². The predicted molar refractivity (Wildman–Crippen MR) is 99.1 cm³/mol. The summed E-state index contributed by atoms with van der Waals surface area (Å²) in [7, 11) is 1.75. The van der Waals surface area contributed by atoms with Crippen molar-refractivity contribution in [2.24, 2.45) is 0 Å². The first-order valence-corrected chi connectivity index (χ1v) is 10.5. The average molecular weight is 371 g/mol. The van der Waals surface area contributed by atoms with E-state index >= 15 is 0 Å². The molecule has 0 spiro atoms. The molecule has 1 rings (SSSR count). The van der Waals surface area contributed by atoms with Gasteiger partial charge in [-0.3, -0.25) is 4.84 Å². The van der Waals surface area contributed by atoms with Gasteiger partial charge in [0.15, 0.2) is 5.94 Å². The molecule has 0 saturated heterocycles. The molecule has 0 fully saturated rings. The summed E-state index contributed by atoms with van der Waals surface area (Å²) >= 11 is 9.87. The Bertz CT molecular complexity index is 654. The van der Waals surface area contributed by atoms with Gasteiger partial charge in [-0.05, 0) is 61.9 Å². The molecular weight excluding hydrogens is 349 g/mol. The second-order valence-corrected chi connectivity index (χ2v) is 9.35. The molecule has 1 aromatic rings. The summed E-state index contributed by atoms with van der Waals surface area (Å²) < 4.78 is 5.39. The first kappa shape index (κ1) is 20.2. The van der Waals surface area contributed by atoms with E-state index in [1.165, 1.54) is 0 Å². The van der Waals surface area contributed by atoms with Crippen LogP contribution < -0.4 is 0 Å². The van der Waals surface area contributed by atoms with E-state index in [0.717, 1.165) is 17.5 Å². The fourth-order valence-electron chi connectivity index (χ4n) is 2.20. The molecule has 1 aromatic carbocycles. The summed E-state index contributed by atoms with van der Waals surface area (Å²) in [6.45, 7) is 7.87. The molecule has 0 amide bonds. The summed E-state index contributed by atoms with van der Waals surface area (Å²) in [6.07, 6.45) is 0.889. The number of aryl methyl sites for hydroxylation is 1. The van der Waals surface area contributed by atoms with Gasteiger partial charge in [0.05, 0.1) is 5.60 Å². The molecule has 0 radical (unpaired) electrons. The summed E-state index contributed by atoms with van der Waals surface area (Å²) in [5.41, 5.74) is 0.0519. The zero-order chi connectivity index (χ0) is 17.6. The van der Waals surface area contributed by atoms with Gasteiger partial charge in [0, 0.05) is 7.05 Å². The number of hydroxylamine groups is 2. The highest BCUT2D eigenvalue weighted by Gasteiger charge is 2.29. The first-order valence-electron chi connectivity index (χ1n) is 7.26. The van der Waals surface area contributed by atoms with Crippen molar-refractivity contribution in [1.29, 1.82) is 0 Å². The highest BCUT2D eigenvalue weighted by molar-refractivity contribution is 8.23. The van der Waals surface area contributed by atoms with E-state index in [2.05, 4.69) is 6.92 Å². The molecule has 1 atom stereocenters. The van der Waals surface area contributed by atoms with Crippen LogP contribution in [0.2, 0.25) is 0 Å². The van der Waals surface area contributed by atoms with Crippen molar-refractivity contribution >= 4 is 35.3 Å². The Hall–Kier alpha value is -0.870. The second kappa shape index (κ2) is 8.84. The molecule has 0 N–H and O–H groups in total. The van der Waals surface area contributed by atoms with Crippen LogP contribution in [0.25, 0.3) is 0 Å². The lowest BCUT2D eigenvalue weighted by molar-refractivity contribution is -0.233. The van der Waals surface area contributed by atoms with Crippen LogP contribution >= 0.6 is 5.70 Å². The van der Waals surface area contributed by atoms with Gasteiger partial charge in [0.1, 0.15) is 6.04 Å². The molecule has 0 saturated carbocycles. The highest BCUT2D eigenvalue weighted by atomic mass is 32.7. The largest absolute Gasteiger partial charge is 0.417 e. The van der Waals surface area contributed by atoms with Gasteiger partial charge in [0.25, 0.3) is 0 Å². The first-order chi connectivity index (χ1) is 10.7. The van der Waals surface area contributed by atoms with E-state index < -0.39 is 17.3 Å². The molecule has 0 aliphatic carbocycles. The quantitative estimate of drug-likeness (QED) is 0.312. The van der Waals surface area contributed by atoms with Crippen LogP contribution in [0.4, 0.5) is 0 Å². The fourth-order valence-corrected chi connectivity index (χ4v) is 2.98. The van der Waals surface area contributed by atoms with Crippen molar-refractivity contribution in [3.8, 4) is 0 Å². The lowest BCUT2D eigenvalue weighted by atomic mass is 10.0. The van der Waals surface area contributed by atoms with Gasteiger partial charge in [-0.25, -0.2) is 4.79 Å². The third kappa shape index (κ3) is 6.64. The van der Waals surface area contributed by atoms with Crippen LogP contribution in [0.15, 0.2) is 30.0 Å². The second-order valence-electron chi connectivity index (χ2n) is 6.03. The Morgan fingerprint density at radius 2 is 2.04 bits per heavy atom. The summed E-state index contributed by atoms with van der Waals surface area (Å²) in [6, 6.07) is 7.36. The third-order valence-corrected chi connectivity index (χ3v) is 3.77. The van der Waals surface area contributed by atoms with Crippen molar-refractivity contribution in [2.45, 2.75) is 45.8 Å². The van der Waals surface area contributed by atoms with Crippen LogP contribution in [0.3, 0.4) is 0 Å². The zero-order valence-corrected chi connectivity index (χ0v) is 16.6. The van der Waals surface area contributed by atoms with Gasteiger partial charge in [-0.15, -0.1) is 0 Å². The minimum absolute atomic E-state index is 0.0566. The molecule has 0 aromatic heterocycles. The number of hydrogen-bond acceptors (Lipinski definition) is 6. The average Bonchev–Trinajstić information content (AvgIpc) is 2.44. The number of likely N-dealkylation sites (N-methyl/N-ethyl adjacent to an activating group) is 1. The Labute approximate surface area is 148 Å². The van der Waals surface area contributed by atoms with E-state index in [0.29, 0.717) is 0 Å². The van der Waals surface area contributed by atoms with Crippen LogP contribution in [-0.4, -0.2) is 23.7 Å². The molecule has 23 heavy (non-hydrogen) atoms. The topological polar surface area (TPSA) is 38.8 Å². The van der Waals surface area contributed by atoms with Crippen LogP contribution in [0.1, 0.15) is 44.9 Å². The van der Waals surface area contributed by atoms with Gasteiger partial charge in [0.2, 0.25) is 11.5 Å². The molecule has 126 valence electrons. The normalized spacial score (nSPS) is 12.6. The summed E-state index contributed by atoms with van der Waals surface area (Å²) in [5, 5.41) is 1.60. The Kier molecular flexibility index (Phi) is 7.75. The fraction of sp³-hybridized carbons (Fsp3) is 0.500. The van der Waals surface area contributed by atoms with E-state index in [-0.39, 0.29) is 5.76 Å². The molecule has 4 nitrogen and oxygen atoms in total. The van der Waals surface area contributed by atoms with Gasteiger partial charge in [-0.1, -0.05) is 31.2 Å². The minimum Gasteiger partial charge on any atom is -0.417 e. The van der Waals surface area contributed by atoms with Crippen molar-refractivity contribution in [3.05, 3.63) is 41.2 Å². The maximum atomic E-state index is 11.4. The molecule has 0 heterocycles. The van der Waals surface area contributed by atoms with E-state index in [1.54, 1.807) is 12.1 Å². The Morgan fingerprint density at radius 3 is 2.52 bits per heavy atom. The van der Waals surface area contributed by atoms with Gasteiger partial charge in [-0.2, -0.15) is 5.06 Å². The van der Waals surface area contributed by atoms with E-state index in [9.17, 15) is 4.79 Å². The SMILES string of the molecule is CCc1cccc(C(C(=C=O)OP(=S)=S)N(C)OC(C)(C)C)c1. The molecule has 7 heteroatoms. The smallest absolute Gasteiger partial charge is 0.216 e. The van der Waals surface area contributed by atoms with E-state index in [4.69, 9.17) is 33.0 Å². The number of benzene rings is 1. The maximum absolute atomic E-state index is 11.4. The Balaban J connectivity index is 3.32.